The standard InChI is InChI=1S/C20H18ClN3O2/c21-14-5-6-19(24-9-11-26-12-10-24)18(13-14)23-20(25)16-7-8-22-17-4-2-1-3-15(16)17/h1-8,13H,9-12H2,(H,23,25). The van der Waals surface area contributed by atoms with E-state index in [2.05, 4.69) is 15.2 Å². The molecule has 1 N–H and O–H groups in total. The molecule has 1 amide bonds. The second kappa shape index (κ2) is 7.32. The number of hydrogen-bond acceptors (Lipinski definition) is 4. The van der Waals surface area contributed by atoms with E-state index in [9.17, 15) is 4.79 Å². The number of nitrogens with zero attached hydrogens (tertiary/aromatic N) is 2. The number of rotatable bonds is 3. The molecular weight excluding hydrogens is 350 g/mol. The van der Waals surface area contributed by atoms with Crippen LogP contribution in [0.2, 0.25) is 5.02 Å². The van der Waals surface area contributed by atoms with Gasteiger partial charge in [-0.3, -0.25) is 9.78 Å². The molecule has 1 aliphatic heterocycles. The molecule has 0 atom stereocenters. The number of carbonyl (C=O) groups excluding carboxylic acids is 1. The zero-order valence-corrected chi connectivity index (χ0v) is 14.9. The van der Waals surface area contributed by atoms with Crippen LogP contribution in [0.5, 0.6) is 0 Å². The van der Waals surface area contributed by atoms with E-state index in [1.807, 2.05) is 36.4 Å². The van der Waals surface area contributed by atoms with Gasteiger partial charge in [0.15, 0.2) is 0 Å². The van der Waals surface area contributed by atoms with Gasteiger partial charge in [-0.15, -0.1) is 0 Å². The zero-order chi connectivity index (χ0) is 17.9. The average Bonchev–Trinajstić information content (AvgIpc) is 2.68. The number of halogens is 1. The molecule has 5 nitrogen and oxygen atoms in total. The molecule has 6 heteroatoms. The quantitative estimate of drug-likeness (QED) is 0.760. The fourth-order valence-electron chi connectivity index (χ4n) is 3.17. The van der Waals surface area contributed by atoms with Crippen LogP contribution in [0.1, 0.15) is 10.4 Å². The molecule has 0 spiro atoms. The second-order valence-electron chi connectivity index (χ2n) is 6.09. The first-order valence-electron chi connectivity index (χ1n) is 8.50. The molecule has 2 heterocycles. The van der Waals surface area contributed by atoms with Crippen molar-refractivity contribution in [1.82, 2.24) is 4.98 Å². The van der Waals surface area contributed by atoms with Crippen molar-refractivity contribution in [3.8, 4) is 0 Å². The van der Waals surface area contributed by atoms with Gasteiger partial charge in [0.1, 0.15) is 0 Å². The highest BCUT2D eigenvalue weighted by molar-refractivity contribution is 6.31. The molecule has 0 saturated carbocycles. The summed E-state index contributed by atoms with van der Waals surface area (Å²) >= 11 is 6.18. The van der Waals surface area contributed by atoms with E-state index >= 15 is 0 Å². The summed E-state index contributed by atoms with van der Waals surface area (Å²) in [6.07, 6.45) is 1.65. The Morgan fingerprint density at radius 3 is 2.77 bits per heavy atom. The molecule has 1 fully saturated rings. The topological polar surface area (TPSA) is 54.5 Å². The number of fused-ring (bicyclic) bond motifs is 1. The molecule has 1 saturated heterocycles. The average molecular weight is 368 g/mol. The molecule has 0 bridgehead atoms. The van der Waals surface area contributed by atoms with E-state index in [0.29, 0.717) is 29.5 Å². The highest BCUT2D eigenvalue weighted by atomic mass is 35.5. The number of amides is 1. The van der Waals surface area contributed by atoms with Gasteiger partial charge >= 0.3 is 0 Å². The van der Waals surface area contributed by atoms with E-state index in [4.69, 9.17) is 16.3 Å². The molecule has 0 aliphatic carbocycles. The van der Waals surface area contributed by atoms with Crippen LogP contribution >= 0.6 is 11.6 Å². The number of benzene rings is 2. The molecule has 1 aliphatic rings. The molecule has 2 aromatic carbocycles. The number of aromatic nitrogens is 1. The van der Waals surface area contributed by atoms with Gasteiger partial charge < -0.3 is 15.0 Å². The predicted molar refractivity (Wildman–Crippen MR) is 104 cm³/mol. The lowest BCUT2D eigenvalue weighted by Gasteiger charge is -2.30. The van der Waals surface area contributed by atoms with Crippen molar-refractivity contribution in [3.05, 3.63) is 65.3 Å². The van der Waals surface area contributed by atoms with E-state index in [0.717, 1.165) is 29.7 Å². The molecular formula is C20H18ClN3O2. The zero-order valence-electron chi connectivity index (χ0n) is 14.1. The highest BCUT2D eigenvalue weighted by Crippen LogP contribution is 2.30. The minimum absolute atomic E-state index is 0.180. The van der Waals surface area contributed by atoms with Gasteiger partial charge in [-0.2, -0.15) is 0 Å². The Hall–Kier alpha value is -2.63. The number of carbonyl (C=O) groups is 1. The van der Waals surface area contributed by atoms with Crippen molar-refractivity contribution in [2.45, 2.75) is 0 Å². The molecule has 1 aromatic heterocycles. The Bertz CT molecular complexity index is 949. The van der Waals surface area contributed by atoms with E-state index in [1.165, 1.54) is 0 Å². The fourth-order valence-corrected chi connectivity index (χ4v) is 3.34. The van der Waals surface area contributed by atoms with Crippen LogP contribution in [0.4, 0.5) is 11.4 Å². The van der Waals surface area contributed by atoms with Crippen molar-refractivity contribution in [3.63, 3.8) is 0 Å². The van der Waals surface area contributed by atoms with Gasteiger partial charge in [0.25, 0.3) is 5.91 Å². The number of para-hydroxylation sites is 1. The SMILES string of the molecule is O=C(Nc1cc(Cl)ccc1N1CCOCC1)c1ccnc2ccccc12. The Labute approximate surface area is 156 Å². The van der Waals surface area contributed by atoms with Crippen molar-refractivity contribution in [2.75, 3.05) is 36.5 Å². The van der Waals surface area contributed by atoms with Gasteiger partial charge in [0, 0.05) is 29.7 Å². The smallest absolute Gasteiger partial charge is 0.256 e. The fraction of sp³-hybridized carbons (Fsp3) is 0.200. The minimum Gasteiger partial charge on any atom is -0.378 e. The summed E-state index contributed by atoms with van der Waals surface area (Å²) in [5.74, 6) is -0.180. The van der Waals surface area contributed by atoms with E-state index < -0.39 is 0 Å². The molecule has 26 heavy (non-hydrogen) atoms. The maximum atomic E-state index is 12.9. The molecule has 0 radical (unpaired) electrons. The summed E-state index contributed by atoms with van der Waals surface area (Å²) in [6.45, 7) is 2.90. The predicted octanol–water partition coefficient (Wildman–Crippen LogP) is 3.98. The summed E-state index contributed by atoms with van der Waals surface area (Å²) in [6, 6.07) is 14.9. The monoisotopic (exact) mass is 367 g/mol. The maximum Gasteiger partial charge on any atom is 0.256 e. The van der Waals surface area contributed by atoms with Crippen LogP contribution in [0.15, 0.2) is 54.7 Å². The number of hydrogen-bond donors (Lipinski definition) is 1. The van der Waals surface area contributed by atoms with Crippen molar-refractivity contribution in [1.29, 1.82) is 0 Å². The Kier molecular flexibility index (Phi) is 4.73. The van der Waals surface area contributed by atoms with Crippen molar-refractivity contribution in [2.24, 2.45) is 0 Å². The maximum absolute atomic E-state index is 12.9. The van der Waals surface area contributed by atoms with Crippen LogP contribution in [0.25, 0.3) is 10.9 Å². The highest BCUT2D eigenvalue weighted by Gasteiger charge is 2.18. The minimum atomic E-state index is -0.180. The van der Waals surface area contributed by atoms with Crippen LogP contribution in [0, 0.1) is 0 Å². The molecule has 4 rings (SSSR count). The number of ether oxygens (including phenoxy) is 1. The van der Waals surface area contributed by atoms with Gasteiger partial charge in [0.2, 0.25) is 0 Å². The van der Waals surface area contributed by atoms with Crippen LogP contribution in [-0.2, 0) is 4.74 Å². The Morgan fingerprint density at radius 1 is 1.12 bits per heavy atom. The number of morpholine rings is 1. The number of pyridine rings is 1. The lowest BCUT2D eigenvalue weighted by atomic mass is 10.1. The first-order valence-corrected chi connectivity index (χ1v) is 8.87. The third-order valence-corrected chi connectivity index (χ3v) is 4.69. The van der Waals surface area contributed by atoms with Crippen LogP contribution < -0.4 is 10.2 Å². The van der Waals surface area contributed by atoms with E-state index in [1.54, 1.807) is 18.3 Å². The first-order chi connectivity index (χ1) is 12.7. The number of nitrogens with one attached hydrogen (secondary N) is 1. The van der Waals surface area contributed by atoms with Crippen LogP contribution in [-0.4, -0.2) is 37.2 Å². The summed E-state index contributed by atoms with van der Waals surface area (Å²) < 4.78 is 5.42. The van der Waals surface area contributed by atoms with Crippen molar-refractivity contribution >= 4 is 39.8 Å². The summed E-state index contributed by atoms with van der Waals surface area (Å²) in [4.78, 5) is 19.5. The van der Waals surface area contributed by atoms with Gasteiger partial charge in [-0.1, -0.05) is 29.8 Å². The Morgan fingerprint density at radius 2 is 1.92 bits per heavy atom. The summed E-state index contributed by atoms with van der Waals surface area (Å²) in [7, 11) is 0. The lowest BCUT2D eigenvalue weighted by molar-refractivity contribution is 0.102. The van der Waals surface area contributed by atoms with E-state index in [-0.39, 0.29) is 5.91 Å². The second-order valence-corrected chi connectivity index (χ2v) is 6.53. The third kappa shape index (κ3) is 3.36. The third-order valence-electron chi connectivity index (χ3n) is 4.45. The van der Waals surface area contributed by atoms with Crippen molar-refractivity contribution < 1.29 is 9.53 Å². The summed E-state index contributed by atoms with van der Waals surface area (Å²) in [5, 5.41) is 4.43. The largest absolute Gasteiger partial charge is 0.378 e. The van der Waals surface area contributed by atoms with Gasteiger partial charge in [-0.05, 0) is 30.3 Å². The Balaban J connectivity index is 1.68. The van der Waals surface area contributed by atoms with Gasteiger partial charge in [-0.25, -0.2) is 0 Å². The summed E-state index contributed by atoms with van der Waals surface area (Å²) in [5.41, 5.74) is 3.03. The molecule has 0 unspecified atom stereocenters. The first kappa shape index (κ1) is 16.8. The number of anilines is 2. The molecule has 132 valence electrons. The normalized spacial score (nSPS) is 14.4. The van der Waals surface area contributed by atoms with Gasteiger partial charge in [0.05, 0.1) is 35.7 Å². The lowest BCUT2D eigenvalue weighted by Crippen LogP contribution is -2.36. The van der Waals surface area contributed by atoms with Crippen LogP contribution in [0.3, 0.4) is 0 Å². The molecule has 3 aromatic rings.